The van der Waals surface area contributed by atoms with Crippen LogP contribution in [0.25, 0.3) is 10.6 Å². The standard InChI is InChI=1S/C23H23FN4O3S/c1-2-16(12-19(25)29)27-20(30)17-4-3-11-28(17)22(31)23(9-10-23)18-13-26-21(32-18)14-5-7-15(24)8-6-14/h1,5-8,13,16-17H,3-4,9-12H2,(H2,25,29)(H,27,30)/t16-,17+/m1/s1. The van der Waals surface area contributed by atoms with Gasteiger partial charge in [-0.05, 0) is 49.9 Å². The number of amides is 3. The molecule has 1 aliphatic heterocycles. The average molecular weight is 455 g/mol. The van der Waals surface area contributed by atoms with Crippen LogP contribution < -0.4 is 11.1 Å². The van der Waals surface area contributed by atoms with E-state index in [1.165, 1.54) is 23.5 Å². The minimum atomic E-state index is -0.799. The van der Waals surface area contributed by atoms with Crippen LogP contribution in [-0.4, -0.2) is 46.2 Å². The number of likely N-dealkylation sites (tertiary alicyclic amines) is 1. The number of carbonyl (C=O) groups excluding carboxylic acids is 3. The molecule has 1 saturated carbocycles. The van der Waals surface area contributed by atoms with Crippen LogP contribution in [0, 0.1) is 18.2 Å². The lowest BCUT2D eigenvalue weighted by atomic mass is 10.0. The molecule has 7 nitrogen and oxygen atoms in total. The number of thiazole rings is 1. The Balaban J connectivity index is 1.49. The summed E-state index contributed by atoms with van der Waals surface area (Å²) in [4.78, 5) is 44.4. The third kappa shape index (κ3) is 4.23. The number of nitrogens with two attached hydrogens (primary N) is 1. The van der Waals surface area contributed by atoms with E-state index in [9.17, 15) is 18.8 Å². The molecule has 2 aromatic rings. The molecule has 9 heteroatoms. The zero-order chi connectivity index (χ0) is 22.9. The van der Waals surface area contributed by atoms with Crippen molar-refractivity contribution in [1.82, 2.24) is 15.2 Å². The smallest absolute Gasteiger partial charge is 0.243 e. The van der Waals surface area contributed by atoms with E-state index in [1.807, 2.05) is 0 Å². The Bertz CT molecular complexity index is 1090. The van der Waals surface area contributed by atoms with Gasteiger partial charge in [-0.1, -0.05) is 5.92 Å². The van der Waals surface area contributed by atoms with Crippen LogP contribution in [0.15, 0.2) is 30.5 Å². The highest BCUT2D eigenvalue weighted by Crippen LogP contribution is 2.53. The summed E-state index contributed by atoms with van der Waals surface area (Å²) in [6.07, 6.45) is 9.58. The van der Waals surface area contributed by atoms with Crippen molar-refractivity contribution in [3.63, 3.8) is 0 Å². The van der Waals surface area contributed by atoms with Crippen molar-refractivity contribution < 1.29 is 18.8 Å². The van der Waals surface area contributed by atoms with E-state index in [2.05, 4.69) is 16.2 Å². The van der Waals surface area contributed by atoms with Gasteiger partial charge in [0.05, 0.1) is 17.9 Å². The fourth-order valence-corrected chi connectivity index (χ4v) is 5.25. The maximum absolute atomic E-state index is 13.5. The van der Waals surface area contributed by atoms with Crippen molar-refractivity contribution in [3.05, 3.63) is 41.2 Å². The summed E-state index contributed by atoms with van der Waals surface area (Å²) in [5.74, 6) is 0.977. The lowest BCUT2D eigenvalue weighted by Crippen LogP contribution is -2.51. The van der Waals surface area contributed by atoms with Gasteiger partial charge >= 0.3 is 0 Å². The molecule has 3 amide bonds. The molecule has 2 heterocycles. The molecule has 2 fully saturated rings. The third-order valence-electron chi connectivity index (χ3n) is 5.97. The molecule has 0 unspecified atom stereocenters. The molecule has 2 atom stereocenters. The van der Waals surface area contributed by atoms with E-state index < -0.39 is 23.4 Å². The number of terminal acetylenes is 1. The molecule has 2 aliphatic rings. The van der Waals surface area contributed by atoms with Crippen molar-refractivity contribution in [2.45, 2.75) is 49.6 Å². The van der Waals surface area contributed by atoms with Crippen molar-refractivity contribution in [2.24, 2.45) is 5.73 Å². The predicted octanol–water partition coefficient (Wildman–Crippen LogP) is 1.97. The Morgan fingerprint density at radius 3 is 2.69 bits per heavy atom. The lowest BCUT2D eigenvalue weighted by Gasteiger charge is -2.28. The van der Waals surface area contributed by atoms with E-state index in [1.54, 1.807) is 23.2 Å². The van der Waals surface area contributed by atoms with Crippen LogP contribution in [0.3, 0.4) is 0 Å². The fourth-order valence-electron chi connectivity index (χ4n) is 4.09. The highest BCUT2D eigenvalue weighted by molar-refractivity contribution is 7.15. The summed E-state index contributed by atoms with van der Waals surface area (Å²) >= 11 is 1.42. The molecule has 0 radical (unpaired) electrons. The summed E-state index contributed by atoms with van der Waals surface area (Å²) in [6, 6.07) is 4.65. The number of benzene rings is 1. The molecular formula is C23H23FN4O3S. The van der Waals surface area contributed by atoms with Gasteiger partial charge in [-0.15, -0.1) is 17.8 Å². The Kier molecular flexibility index (Phi) is 5.98. The van der Waals surface area contributed by atoms with Gasteiger partial charge in [-0.2, -0.15) is 0 Å². The Morgan fingerprint density at radius 2 is 2.06 bits per heavy atom. The molecule has 4 rings (SSSR count). The largest absolute Gasteiger partial charge is 0.370 e. The van der Waals surface area contributed by atoms with Gasteiger partial charge in [-0.3, -0.25) is 14.4 Å². The van der Waals surface area contributed by atoms with Crippen molar-refractivity contribution in [1.29, 1.82) is 0 Å². The van der Waals surface area contributed by atoms with E-state index in [4.69, 9.17) is 12.2 Å². The molecule has 1 aromatic carbocycles. The predicted molar refractivity (Wildman–Crippen MR) is 118 cm³/mol. The normalized spacial score (nSPS) is 19.8. The quantitative estimate of drug-likeness (QED) is 0.624. The van der Waals surface area contributed by atoms with Crippen LogP contribution in [0.5, 0.6) is 0 Å². The number of aromatic nitrogens is 1. The zero-order valence-electron chi connectivity index (χ0n) is 17.3. The third-order valence-corrected chi connectivity index (χ3v) is 7.22. The van der Waals surface area contributed by atoms with Crippen molar-refractivity contribution in [2.75, 3.05) is 6.54 Å². The van der Waals surface area contributed by atoms with Gasteiger partial charge in [0.15, 0.2) is 0 Å². The summed E-state index contributed by atoms with van der Waals surface area (Å²) < 4.78 is 13.2. The fraction of sp³-hybridized carbons (Fsp3) is 0.391. The molecule has 0 spiro atoms. The molecule has 1 aromatic heterocycles. The van der Waals surface area contributed by atoms with E-state index in [0.717, 1.165) is 15.4 Å². The number of carbonyl (C=O) groups is 3. The van der Waals surface area contributed by atoms with Gasteiger partial charge in [0.2, 0.25) is 17.7 Å². The van der Waals surface area contributed by atoms with Crippen LogP contribution in [0.1, 0.15) is 37.0 Å². The Hall–Kier alpha value is -3.25. The van der Waals surface area contributed by atoms with Crippen LogP contribution in [0.2, 0.25) is 0 Å². The van der Waals surface area contributed by atoms with E-state index in [-0.39, 0.29) is 24.1 Å². The van der Waals surface area contributed by atoms with E-state index >= 15 is 0 Å². The van der Waals surface area contributed by atoms with Gasteiger partial charge in [0.25, 0.3) is 0 Å². The van der Waals surface area contributed by atoms with Crippen LogP contribution in [0.4, 0.5) is 4.39 Å². The Labute approximate surface area is 189 Å². The summed E-state index contributed by atoms with van der Waals surface area (Å²) in [5.41, 5.74) is 5.30. The number of hydrogen-bond donors (Lipinski definition) is 2. The summed E-state index contributed by atoms with van der Waals surface area (Å²) in [7, 11) is 0. The van der Waals surface area contributed by atoms with Crippen LogP contribution in [-0.2, 0) is 19.8 Å². The maximum Gasteiger partial charge on any atom is 0.243 e. The van der Waals surface area contributed by atoms with Crippen LogP contribution >= 0.6 is 11.3 Å². The molecule has 166 valence electrons. The molecule has 0 bridgehead atoms. The number of rotatable bonds is 7. The molecule has 1 aliphatic carbocycles. The second kappa shape index (κ2) is 8.71. The zero-order valence-corrected chi connectivity index (χ0v) is 18.2. The molecular weight excluding hydrogens is 431 g/mol. The van der Waals surface area contributed by atoms with Crippen molar-refractivity contribution in [3.8, 4) is 22.9 Å². The minimum Gasteiger partial charge on any atom is -0.370 e. The topological polar surface area (TPSA) is 105 Å². The lowest BCUT2D eigenvalue weighted by molar-refractivity contribution is -0.140. The first-order chi connectivity index (χ1) is 15.3. The van der Waals surface area contributed by atoms with Gasteiger partial charge < -0.3 is 16.0 Å². The maximum atomic E-state index is 13.5. The Morgan fingerprint density at radius 1 is 1.34 bits per heavy atom. The van der Waals surface area contributed by atoms with Gasteiger partial charge in [0, 0.05) is 23.2 Å². The molecule has 3 N–H and O–H groups in total. The number of hydrogen-bond acceptors (Lipinski definition) is 5. The first kappa shape index (κ1) is 22.0. The highest BCUT2D eigenvalue weighted by Gasteiger charge is 2.56. The van der Waals surface area contributed by atoms with Gasteiger partial charge in [-0.25, -0.2) is 9.37 Å². The van der Waals surface area contributed by atoms with Crippen molar-refractivity contribution >= 4 is 29.1 Å². The number of halogens is 1. The highest BCUT2D eigenvalue weighted by atomic mass is 32.1. The molecule has 1 saturated heterocycles. The number of primary amides is 1. The first-order valence-electron chi connectivity index (χ1n) is 10.4. The van der Waals surface area contributed by atoms with E-state index in [0.29, 0.717) is 32.2 Å². The summed E-state index contributed by atoms with van der Waals surface area (Å²) in [5, 5.41) is 3.38. The summed E-state index contributed by atoms with van der Waals surface area (Å²) in [6.45, 7) is 0.485. The monoisotopic (exact) mass is 454 g/mol. The molecule has 32 heavy (non-hydrogen) atoms. The number of nitrogens with one attached hydrogen (secondary N) is 1. The minimum absolute atomic E-state index is 0.0865. The second-order valence-corrected chi connectivity index (χ2v) is 9.20. The first-order valence-corrected chi connectivity index (χ1v) is 11.2. The average Bonchev–Trinajstić information content (AvgIpc) is 3.19. The van der Waals surface area contributed by atoms with Gasteiger partial charge in [0.1, 0.15) is 16.9 Å². The second-order valence-electron chi connectivity index (χ2n) is 8.17. The SMILES string of the molecule is C#C[C@H](CC(N)=O)NC(=O)[C@@H]1CCCN1C(=O)C1(c2cnc(-c3ccc(F)cc3)s2)CC1. The number of nitrogens with zero attached hydrogens (tertiary/aromatic N) is 2.